The first-order valence-electron chi connectivity index (χ1n) is 10.4. The van der Waals surface area contributed by atoms with Crippen LogP contribution in [0.2, 0.25) is 0 Å². The van der Waals surface area contributed by atoms with Crippen LogP contribution in [0.5, 0.6) is 0 Å². The maximum absolute atomic E-state index is 12.0. The predicted molar refractivity (Wildman–Crippen MR) is 107 cm³/mol. The number of carboxylic acid groups (broad SMARTS) is 1. The Labute approximate surface area is 159 Å². The van der Waals surface area contributed by atoms with Crippen molar-refractivity contribution in [1.82, 2.24) is 10.2 Å². The highest BCUT2D eigenvalue weighted by molar-refractivity contribution is 5.75. The molecule has 6 heteroatoms. The Morgan fingerprint density at radius 1 is 0.923 bits per heavy atom. The van der Waals surface area contributed by atoms with Crippen LogP contribution < -0.4 is 11.1 Å². The summed E-state index contributed by atoms with van der Waals surface area (Å²) in [5.74, 6) is -0.954. The quantitative estimate of drug-likeness (QED) is 0.335. The van der Waals surface area contributed by atoms with E-state index in [0.717, 1.165) is 12.8 Å². The van der Waals surface area contributed by atoms with Crippen molar-refractivity contribution in [3.05, 3.63) is 0 Å². The summed E-state index contributed by atoms with van der Waals surface area (Å²) in [6.45, 7) is 3.07. The van der Waals surface area contributed by atoms with E-state index in [1.54, 1.807) is 11.9 Å². The predicted octanol–water partition coefficient (Wildman–Crippen LogP) is 4.13. The van der Waals surface area contributed by atoms with Crippen molar-refractivity contribution in [1.29, 1.82) is 0 Å². The third-order valence-corrected chi connectivity index (χ3v) is 4.73. The van der Waals surface area contributed by atoms with Crippen LogP contribution >= 0.6 is 0 Å². The molecule has 0 aliphatic carbocycles. The van der Waals surface area contributed by atoms with Gasteiger partial charge in [-0.1, -0.05) is 77.6 Å². The summed E-state index contributed by atoms with van der Waals surface area (Å²) in [4.78, 5) is 24.3. The lowest BCUT2D eigenvalue weighted by atomic mass is 10.1. The fourth-order valence-corrected chi connectivity index (χ4v) is 2.98. The third kappa shape index (κ3) is 15.0. The van der Waals surface area contributed by atoms with Crippen molar-refractivity contribution in [3.8, 4) is 0 Å². The van der Waals surface area contributed by atoms with Gasteiger partial charge in [-0.15, -0.1) is 0 Å². The molecule has 0 radical (unpaired) electrons. The molecule has 1 atom stereocenters. The van der Waals surface area contributed by atoms with Crippen molar-refractivity contribution < 1.29 is 14.7 Å². The van der Waals surface area contributed by atoms with Crippen LogP contribution in [0.15, 0.2) is 0 Å². The third-order valence-electron chi connectivity index (χ3n) is 4.73. The average Bonchev–Trinajstić information content (AvgIpc) is 2.61. The van der Waals surface area contributed by atoms with E-state index in [1.165, 1.54) is 64.2 Å². The van der Waals surface area contributed by atoms with Crippen LogP contribution in [0, 0.1) is 0 Å². The lowest BCUT2D eigenvalue weighted by Crippen LogP contribution is -2.47. The number of urea groups is 1. The molecule has 0 unspecified atom stereocenters. The van der Waals surface area contributed by atoms with Crippen LogP contribution in [0.3, 0.4) is 0 Å². The standard InChI is InChI=1S/C20H41N3O3/c1-3-4-5-6-7-8-9-10-11-12-13-14-15-23(2)20(26)22-18(17-21)16-19(24)25/h18H,3-17,21H2,1-2H3,(H,22,26)(H,24,25)/t18-/m1/s1. The second kappa shape index (κ2) is 17.1. The molecule has 0 saturated carbocycles. The fourth-order valence-electron chi connectivity index (χ4n) is 2.98. The molecular formula is C20H41N3O3. The fraction of sp³-hybridized carbons (Fsp3) is 0.900. The second-order valence-corrected chi connectivity index (χ2v) is 7.29. The van der Waals surface area contributed by atoms with Gasteiger partial charge in [-0.3, -0.25) is 4.79 Å². The minimum atomic E-state index is -0.954. The van der Waals surface area contributed by atoms with E-state index in [9.17, 15) is 9.59 Å². The van der Waals surface area contributed by atoms with E-state index in [0.29, 0.717) is 6.54 Å². The molecule has 6 nitrogen and oxygen atoms in total. The van der Waals surface area contributed by atoms with Gasteiger partial charge in [0.2, 0.25) is 0 Å². The summed E-state index contributed by atoms with van der Waals surface area (Å²) in [5, 5.41) is 11.4. The highest BCUT2D eigenvalue weighted by Crippen LogP contribution is 2.12. The van der Waals surface area contributed by atoms with Crippen LogP contribution in [-0.4, -0.2) is 48.2 Å². The van der Waals surface area contributed by atoms with Crippen molar-refractivity contribution >= 4 is 12.0 Å². The summed E-state index contributed by atoms with van der Waals surface area (Å²) < 4.78 is 0. The number of nitrogens with zero attached hydrogens (tertiary/aromatic N) is 1. The number of nitrogens with one attached hydrogen (secondary N) is 1. The number of carbonyl (C=O) groups is 2. The number of rotatable bonds is 17. The first-order valence-corrected chi connectivity index (χ1v) is 10.4. The van der Waals surface area contributed by atoms with E-state index in [-0.39, 0.29) is 19.0 Å². The summed E-state index contributed by atoms with van der Waals surface area (Å²) >= 11 is 0. The Hall–Kier alpha value is -1.30. The van der Waals surface area contributed by atoms with Gasteiger partial charge < -0.3 is 21.1 Å². The molecule has 4 N–H and O–H groups in total. The molecule has 0 rings (SSSR count). The van der Waals surface area contributed by atoms with Crippen molar-refractivity contribution in [2.45, 2.75) is 96.4 Å². The maximum atomic E-state index is 12.0. The smallest absolute Gasteiger partial charge is 0.317 e. The highest BCUT2D eigenvalue weighted by Gasteiger charge is 2.16. The molecule has 0 spiro atoms. The molecular weight excluding hydrogens is 330 g/mol. The van der Waals surface area contributed by atoms with Crippen LogP contribution in [-0.2, 0) is 4.79 Å². The molecule has 0 fully saturated rings. The largest absolute Gasteiger partial charge is 0.481 e. The van der Waals surface area contributed by atoms with E-state index in [2.05, 4.69) is 12.2 Å². The zero-order chi connectivity index (χ0) is 19.6. The van der Waals surface area contributed by atoms with Gasteiger partial charge in [0, 0.05) is 20.1 Å². The number of unbranched alkanes of at least 4 members (excludes halogenated alkanes) is 11. The van der Waals surface area contributed by atoms with E-state index >= 15 is 0 Å². The van der Waals surface area contributed by atoms with Crippen molar-refractivity contribution in [2.75, 3.05) is 20.1 Å². The number of carboxylic acids is 1. The minimum absolute atomic E-state index is 0.129. The Morgan fingerprint density at radius 3 is 1.81 bits per heavy atom. The summed E-state index contributed by atoms with van der Waals surface area (Å²) in [5.41, 5.74) is 5.49. The monoisotopic (exact) mass is 371 g/mol. The van der Waals surface area contributed by atoms with E-state index < -0.39 is 12.0 Å². The number of carbonyl (C=O) groups excluding carboxylic acids is 1. The lowest BCUT2D eigenvalue weighted by Gasteiger charge is -2.21. The van der Waals surface area contributed by atoms with Crippen molar-refractivity contribution in [3.63, 3.8) is 0 Å². The van der Waals surface area contributed by atoms with E-state index in [1.807, 2.05) is 0 Å². The number of hydrogen-bond acceptors (Lipinski definition) is 3. The van der Waals surface area contributed by atoms with Gasteiger partial charge in [0.1, 0.15) is 0 Å². The number of hydrogen-bond donors (Lipinski definition) is 3. The normalized spacial score (nSPS) is 12.0. The molecule has 0 aromatic carbocycles. The van der Waals surface area contributed by atoms with Gasteiger partial charge in [-0.05, 0) is 6.42 Å². The summed E-state index contributed by atoms with van der Waals surface area (Å²) in [7, 11) is 1.74. The lowest BCUT2D eigenvalue weighted by molar-refractivity contribution is -0.137. The molecule has 0 aliphatic rings. The first kappa shape index (κ1) is 24.7. The van der Waals surface area contributed by atoms with Gasteiger partial charge in [0.15, 0.2) is 0 Å². The zero-order valence-corrected chi connectivity index (χ0v) is 17.0. The van der Waals surface area contributed by atoms with Gasteiger partial charge in [-0.2, -0.15) is 0 Å². The molecule has 0 saturated heterocycles. The SMILES string of the molecule is CCCCCCCCCCCCCCN(C)C(=O)N[C@@H](CN)CC(=O)O. The Balaban J connectivity index is 3.54. The Morgan fingerprint density at radius 2 is 1.38 bits per heavy atom. The molecule has 2 amide bonds. The summed E-state index contributed by atoms with van der Waals surface area (Å²) in [6.07, 6.45) is 15.3. The first-order chi connectivity index (χ1) is 12.5. The van der Waals surface area contributed by atoms with Gasteiger partial charge in [0.05, 0.1) is 12.5 Å². The number of aliphatic carboxylic acids is 1. The zero-order valence-electron chi connectivity index (χ0n) is 17.0. The summed E-state index contributed by atoms with van der Waals surface area (Å²) in [6, 6.07) is -0.755. The molecule has 26 heavy (non-hydrogen) atoms. The van der Waals surface area contributed by atoms with Gasteiger partial charge in [0.25, 0.3) is 0 Å². The average molecular weight is 372 g/mol. The minimum Gasteiger partial charge on any atom is -0.481 e. The van der Waals surface area contributed by atoms with Crippen LogP contribution in [0.4, 0.5) is 4.79 Å². The Bertz CT molecular complexity index is 364. The molecule has 0 heterocycles. The maximum Gasteiger partial charge on any atom is 0.317 e. The van der Waals surface area contributed by atoms with E-state index in [4.69, 9.17) is 10.8 Å². The Kier molecular flexibility index (Phi) is 16.3. The topological polar surface area (TPSA) is 95.7 Å². The molecule has 0 aromatic rings. The molecule has 0 bridgehead atoms. The van der Waals surface area contributed by atoms with Gasteiger partial charge >= 0.3 is 12.0 Å². The van der Waals surface area contributed by atoms with Gasteiger partial charge in [-0.25, -0.2) is 4.79 Å². The van der Waals surface area contributed by atoms with Crippen LogP contribution in [0.1, 0.15) is 90.4 Å². The van der Waals surface area contributed by atoms with Crippen molar-refractivity contribution in [2.24, 2.45) is 5.73 Å². The number of amides is 2. The molecule has 0 aliphatic heterocycles. The highest BCUT2D eigenvalue weighted by atomic mass is 16.4. The second-order valence-electron chi connectivity index (χ2n) is 7.29. The van der Waals surface area contributed by atoms with Crippen LogP contribution in [0.25, 0.3) is 0 Å². The molecule has 154 valence electrons. The molecule has 0 aromatic heterocycles. The number of nitrogens with two attached hydrogens (primary N) is 1.